The number of nitrogens with one attached hydrogen (secondary N) is 2. The van der Waals surface area contributed by atoms with Crippen LogP contribution in [0.5, 0.6) is 5.75 Å². The van der Waals surface area contributed by atoms with Crippen molar-refractivity contribution in [3.05, 3.63) is 106 Å². The van der Waals surface area contributed by atoms with Crippen molar-refractivity contribution >= 4 is 34.8 Å². The van der Waals surface area contributed by atoms with Crippen LogP contribution in [0.15, 0.2) is 88.3 Å². The smallest absolute Gasteiger partial charge is 0.291 e. The summed E-state index contributed by atoms with van der Waals surface area (Å²) in [5.41, 5.74) is 0.205. The molecule has 0 spiro atoms. The van der Waals surface area contributed by atoms with Crippen LogP contribution < -0.4 is 20.9 Å². The predicted octanol–water partition coefficient (Wildman–Crippen LogP) is 4.07. The number of nitrogens with zero attached hydrogens (tertiary/aromatic N) is 2. The highest BCUT2D eigenvalue weighted by Gasteiger charge is 2.16. The number of para-hydroxylation sites is 1. The first-order valence-corrected chi connectivity index (χ1v) is 10.6. The van der Waals surface area contributed by atoms with Crippen LogP contribution in [0.25, 0.3) is 0 Å². The van der Waals surface area contributed by atoms with E-state index in [4.69, 9.17) is 20.8 Å². The van der Waals surface area contributed by atoms with Crippen LogP contribution in [-0.2, 0) is 6.54 Å². The lowest BCUT2D eigenvalue weighted by atomic mass is 10.2. The van der Waals surface area contributed by atoms with Gasteiger partial charge in [-0.25, -0.2) is 4.68 Å². The van der Waals surface area contributed by atoms with E-state index in [0.717, 1.165) is 4.68 Å². The average molecular weight is 479 g/mol. The molecule has 2 N–H and O–H groups in total. The lowest BCUT2D eigenvalue weighted by Crippen LogP contribution is -2.28. The van der Waals surface area contributed by atoms with Crippen LogP contribution in [0, 0.1) is 0 Å². The number of amides is 2. The molecule has 0 aliphatic carbocycles. The number of halogens is 1. The van der Waals surface area contributed by atoms with Gasteiger partial charge in [-0.15, -0.1) is 0 Å². The van der Waals surface area contributed by atoms with E-state index in [9.17, 15) is 14.4 Å². The molecule has 2 heterocycles. The second kappa shape index (κ2) is 10.5. The van der Waals surface area contributed by atoms with Crippen molar-refractivity contribution in [2.75, 3.05) is 17.2 Å². The Morgan fingerprint density at radius 3 is 2.50 bits per heavy atom. The van der Waals surface area contributed by atoms with Crippen LogP contribution in [0.2, 0.25) is 5.02 Å². The van der Waals surface area contributed by atoms with Gasteiger partial charge in [0.1, 0.15) is 18.1 Å². The number of hydrogen-bond donors (Lipinski definition) is 2. The average Bonchev–Trinajstić information content (AvgIpc) is 3.38. The van der Waals surface area contributed by atoms with Gasteiger partial charge >= 0.3 is 0 Å². The van der Waals surface area contributed by atoms with E-state index in [1.807, 2.05) is 18.2 Å². The van der Waals surface area contributed by atoms with Crippen molar-refractivity contribution in [2.24, 2.45) is 0 Å². The molecule has 2 aromatic carbocycles. The van der Waals surface area contributed by atoms with Gasteiger partial charge in [-0.3, -0.25) is 14.4 Å². The van der Waals surface area contributed by atoms with Gasteiger partial charge in [0.2, 0.25) is 0 Å². The molecule has 4 rings (SSSR count). The highest BCUT2D eigenvalue weighted by molar-refractivity contribution is 6.31. The van der Waals surface area contributed by atoms with Gasteiger partial charge in [-0.1, -0.05) is 29.8 Å². The van der Waals surface area contributed by atoms with Crippen molar-refractivity contribution in [3.8, 4) is 5.75 Å². The Bertz CT molecular complexity index is 1350. The largest absolute Gasteiger partial charge is 0.492 e. The molecule has 34 heavy (non-hydrogen) atoms. The van der Waals surface area contributed by atoms with Crippen LogP contribution in [0.3, 0.4) is 0 Å². The normalized spacial score (nSPS) is 10.5. The second-order valence-corrected chi connectivity index (χ2v) is 7.45. The minimum Gasteiger partial charge on any atom is -0.492 e. The van der Waals surface area contributed by atoms with Gasteiger partial charge in [0.25, 0.3) is 17.4 Å². The predicted molar refractivity (Wildman–Crippen MR) is 127 cm³/mol. The number of aromatic nitrogens is 2. The Labute approximate surface area is 198 Å². The molecule has 0 atom stereocenters. The maximum absolute atomic E-state index is 12.8. The Morgan fingerprint density at radius 2 is 1.74 bits per heavy atom. The zero-order valence-electron chi connectivity index (χ0n) is 17.7. The monoisotopic (exact) mass is 478 g/mol. The molecule has 172 valence electrons. The third kappa shape index (κ3) is 5.70. The molecule has 0 aliphatic heterocycles. The molecule has 0 radical (unpaired) electrons. The number of rotatable bonds is 8. The van der Waals surface area contributed by atoms with E-state index in [1.165, 1.54) is 30.5 Å². The van der Waals surface area contributed by atoms with Crippen LogP contribution >= 0.6 is 11.6 Å². The number of hydrogen-bond acceptors (Lipinski definition) is 6. The quantitative estimate of drug-likeness (QED) is 0.394. The summed E-state index contributed by atoms with van der Waals surface area (Å²) in [7, 11) is 0. The Morgan fingerprint density at radius 1 is 0.941 bits per heavy atom. The van der Waals surface area contributed by atoms with Gasteiger partial charge in [0.15, 0.2) is 5.76 Å². The van der Waals surface area contributed by atoms with Crippen molar-refractivity contribution < 1.29 is 18.7 Å². The molecule has 0 saturated heterocycles. The second-order valence-electron chi connectivity index (χ2n) is 7.02. The van der Waals surface area contributed by atoms with E-state index in [0.29, 0.717) is 16.5 Å². The Hall–Kier alpha value is -4.37. The Balaban J connectivity index is 1.46. The van der Waals surface area contributed by atoms with Gasteiger partial charge in [-0.05, 0) is 48.5 Å². The minimum absolute atomic E-state index is 0.0116. The summed E-state index contributed by atoms with van der Waals surface area (Å²) in [6, 6.07) is 19.4. The fourth-order valence-electron chi connectivity index (χ4n) is 3.00. The molecule has 0 fully saturated rings. The number of furan rings is 1. The van der Waals surface area contributed by atoms with E-state index >= 15 is 0 Å². The topological polar surface area (TPSA) is 115 Å². The van der Waals surface area contributed by atoms with Crippen LogP contribution in [-0.4, -0.2) is 28.2 Å². The third-order valence-corrected chi connectivity index (χ3v) is 4.87. The lowest BCUT2D eigenvalue weighted by Gasteiger charge is -2.13. The van der Waals surface area contributed by atoms with Gasteiger partial charge in [-0.2, -0.15) is 5.10 Å². The fraction of sp³-hybridized carbons (Fsp3) is 0.0833. The minimum atomic E-state index is -0.575. The van der Waals surface area contributed by atoms with Gasteiger partial charge in [0.05, 0.1) is 24.2 Å². The number of ether oxygens (including phenoxy) is 1. The summed E-state index contributed by atoms with van der Waals surface area (Å²) in [6.07, 6.45) is 1.38. The number of benzene rings is 2. The molecule has 4 aromatic rings. The summed E-state index contributed by atoms with van der Waals surface area (Å²) >= 11 is 6.06. The first kappa shape index (κ1) is 22.8. The van der Waals surface area contributed by atoms with E-state index < -0.39 is 11.8 Å². The SMILES string of the molecule is O=C(Nc1ccc(Cl)cc1NC(=O)c1ccco1)c1ccc(=O)n(CCOc2ccccc2)n1. The molecule has 0 saturated carbocycles. The molecular weight excluding hydrogens is 460 g/mol. The molecular formula is C24H19ClN4O5. The fourth-order valence-corrected chi connectivity index (χ4v) is 3.18. The molecule has 0 aliphatic rings. The molecule has 9 nitrogen and oxygen atoms in total. The maximum Gasteiger partial charge on any atom is 0.291 e. The first-order valence-electron chi connectivity index (χ1n) is 10.2. The molecule has 2 amide bonds. The summed E-state index contributed by atoms with van der Waals surface area (Å²) in [5.74, 6) is -0.318. The van der Waals surface area contributed by atoms with E-state index in [1.54, 1.807) is 30.3 Å². The first-order chi connectivity index (χ1) is 16.5. The van der Waals surface area contributed by atoms with Crippen molar-refractivity contribution in [3.63, 3.8) is 0 Å². The van der Waals surface area contributed by atoms with E-state index in [-0.39, 0.29) is 35.9 Å². The highest BCUT2D eigenvalue weighted by Crippen LogP contribution is 2.27. The third-order valence-electron chi connectivity index (χ3n) is 4.64. The summed E-state index contributed by atoms with van der Waals surface area (Å²) < 4.78 is 11.8. The summed E-state index contributed by atoms with van der Waals surface area (Å²) in [4.78, 5) is 37.4. The van der Waals surface area contributed by atoms with Gasteiger partial charge < -0.3 is 19.8 Å². The van der Waals surface area contributed by atoms with Crippen molar-refractivity contribution in [1.29, 1.82) is 0 Å². The zero-order valence-corrected chi connectivity index (χ0v) is 18.5. The summed E-state index contributed by atoms with van der Waals surface area (Å²) in [5, 5.41) is 9.82. The van der Waals surface area contributed by atoms with Crippen molar-refractivity contribution in [2.45, 2.75) is 6.54 Å². The Kier molecular flexibility index (Phi) is 7.04. The number of anilines is 2. The van der Waals surface area contributed by atoms with Crippen LogP contribution in [0.1, 0.15) is 21.0 Å². The maximum atomic E-state index is 12.8. The molecule has 0 unspecified atom stereocenters. The molecule has 0 bridgehead atoms. The summed E-state index contributed by atoms with van der Waals surface area (Å²) in [6.45, 7) is 0.350. The van der Waals surface area contributed by atoms with E-state index in [2.05, 4.69) is 15.7 Å². The zero-order chi connectivity index (χ0) is 23.9. The molecule has 2 aromatic heterocycles. The standard InChI is InChI=1S/C24H19ClN4O5/c25-16-8-9-18(20(15-16)27-24(32)21-7-4-13-34-21)26-23(31)19-10-11-22(30)29(28-19)12-14-33-17-5-2-1-3-6-17/h1-11,13,15H,12,14H2,(H,26,31)(H,27,32). The lowest BCUT2D eigenvalue weighted by molar-refractivity contribution is 0.0992. The van der Waals surface area contributed by atoms with Gasteiger partial charge in [0, 0.05) is 11.1 Å². The molecule has 10 heteroatoms. The number of carbonyl (C=O) groups excluding carboxylic acids is 2. The highest BCUT2D eigenvalue weighted by atomic mass is 35.5. The number of carbonyl (C=O) groups is 2. The van der Waals surface area contributed by atoms with Crippen LogP contribution in [0.4, 0.5) is 11.4 Å². The van der Waals surface area contributed by atoms with Crippen molar-refractivity contribution in [1.82, 2.24) is 9.78 Å².